The lowest BCUT2D eigenvalue weighted by Crippen LogP contribution is -2.48. The summed E-state index contributed by atoms with van der Waals surface area (Å²) in [5.74, 6) is 1.18. The Labute approximate surface area is 201 Å². The van der Waals surface area contributed by atoms with Crippen molar-refractivity contribution in [3.8, 4) is 5.75 Å². The number of amides is 1. The van der Waals surface area contributed by atoms with Crippen LogP contribution in [0.4, 0.5) is 11.5 Å². The lowest BCUT2D eigenvalue weighted by atomic mass is 10.2. The van der Waals surface area contributed by atoms with E-state index in [1.165, 1.54) is 13.2 Å². The third-order valence-corrected chi connectivity index (χ3v) is 8.26. The highest BCUT2D eigenvalue weighted by Crippen LogP contribution is 2.30. The average molecular weight is 488 g/mol. The minimum atomic E-state index is -3.62. The Hall–Kier alpha value is -2.69. The number of nitrogens with one attached hydrogen (secondary N) is 1. The van der Waals surface area contributed by atoms with Gasteiger partial charge in [0.1, 0.15) is 11.6 Å². The quantitative estimate of drug-likeness (QED) is 0.641. The van der Waals surface area contributed by atoms with E-state index in [-0.39, 0.29) is 17.3 Å². The molecule has 34 heavy (non-hydrogen) atoms. The predicted octanol–water partition coefficient (Wildman–Crippen LogP) is 2.42. The van der Waals surface area contributed by atoms with Crippen molar-refractivity contribution in [1.29, 1.82) is 0 Å². The van der Waals surface area contributed by atoms with Crippen molar-refractivity contribution in [3.63, 3.8) is 0 Å². The Morgan fingerprint density at radius 3 is 2.38 bits per heavy atom. The fourth-order valence-corrected chi connectivity index (χ4v) is 5.99. The lowest BCUT2D eigenvalue weighted by molar-refractivity contribution is -0.117. The molecule has 10 heteroatoms. The van der Waals surface area contributed by atoms with Gasteiger partial charge in [-0.2, -0.15) is 4.31 Å². The van der Waals surface area contributed by atoms with Crippen LogP contribution in [-0.2, 0) is 14.8 Å². The molecule has 2 fully saturated rings. The SMILES string of the molecule is COc1ccc(S(=O)(=O)N2CCCCCC2)cc1NC(=O)CN1CCN(c2ccccn2)CC1. The van der Waals surface area contributed by atoms with Crippen LogP contribution in [0.5, 0.6) is 5.75 Å². The molecule has 2 aromatic rings. The van der Waals surface area contributed by atoms with Gasteiger partial charge in [0.05, 0.1) is 24.2 Å². The minimum absolute atomic E-state index is 0.175. The zero-order valence-corrected chi connectivity index (χ0v) is 20.5. The standard InChI is InChI=1S/C24H33N5O4S/c1-33-22-10-9-20(34(31,32)29-12-6-2-3-7-13-29)18-21(22)26-24(30)19-27-14-16-28(17-15-27)23-8-4-5-11-25-23/h4-5,8-11,18H,2-3,6-7,12-17,19H2,1H3,(H,26,30). The second-order valence-electron chi connectivity index (χ2n) is 8.68. The number of anilines is 2. The first-order chi connectivity index (χ1) is 16.5. The number of methoxy groups -OCH3 is 1. The van der Waals surface area contributed by atoms with Gasteiger partial charge in [-0.3, -0.25) is 9.69 Å². The predicted molar refractivity (Wildman–Crippen MR) is 132 cm³/mol. The summed E-state index contributed by atoms with van der Waals surface area (Å²) in [6, 6.07) is 10.5. The maximum atomic E-state index is 13.2. The van der Waals surface area contributed by atoms with Crippen molar-refractivity contribution in [1.82, 2.24) is 14.2 Å². The van der Waals surface area contributed by atoms with E-state index < -0.39 is 10.0 Å². The molecule has 0 spiro atoms. The van der Waals surface area contributed by atoms with Gasteiger partial charge < -0.3 is 15.0 Å². The van der Waals surface area contributed by atoms with Crippen LogP contribution in [-0.4, -0.2) is 81.4 Å². The molecule has 9 nitrogen and oxygen atoms in total. The van der Waals surface area contributed by atoms with Crippen molar-refractivity contribution in [2.75, 3.05) is 63.1 Å². The summed E-state index contributed by atoms with van der Waals surface area (Å²) in [6.07, 6.45) is 5.61. The van der Waals surface area contributed by atoms with Crippen LogP contribution in [0.2, 0.25) is 0 Å². The van der Waals surface area contributed by atoms with E-state index in [0.717, 1.165) is 57.7 Å². The first-order valence-electron chi connectivity index (χ1n) is 11.8. The van der Waals surface area contributed by atoms with E-state index in [4.69, 9.17) is 4.74 Å². The van der Waals surface area contributed by atoms with E-state index in [1.807, 2.05) is 18.2 Å². The fourth-order valence-electron chi connectivity index (χ4n) is 4.45. The van der Waals surface area contributed by atoms with Crippen molar-refractivity contribution in [2.24, 2.45) is 0 Å². The van der Waals surface area contributed by atoms with Gasteiger partial charge in [-0.25, -0.2) is 13.4 Å². The highest BCUT2D eigenvalue weighted by Gasteiger charge is 2.27. The van der Waals surface area contributed by atoms with Gasteiger partial charge in [-0.05, 0) is 43.2 Å². The number of aromatic nitrogens is 1. The molecule has 0 bridgehead atoms. The average Bonchev–Trinajstić information content (AvgIpc) is 3.15. The molecule has 1 N–H and O–H groups in total. The van der Waals surface area contributed by atoms with E-state index in [1.54, 1.807) is 22.6 Å². The third-order valence-electron chi connectivity index (χ3n) is 6.36. The topological polar surface area (TPSA) is 95.1 Å². The van der Waals surface area contributed by atoms with Gasteiger partial charge in [-0.15, -0.1) is 0 Å². The van der Waals surface area contributed by atoms with Crippen LogP contribution in [0.25, 0.3) is 0 Å². The Morgan fingerprint density at radius 1 is 1.00 bits per heavy atom. The number of benzene rings is 1. The molecule has 0 unspecified atom stereocenters. The van der Waals surface area contributed by atoms with Crippen LogP contribution in [0.1, 0.15) is 25.7 Å². The Kier molecular flexibility index (Phi) is 8.02. The molecule has 1 aromatic heterocycles. The Bertz CT molecular complexity index is 1060. The van der Waals surface area contributed by atoms with Crippen LogP contribution in [0.15, 0.2) is 47.5 Å². The highest BCUT2D eigenvalue weighted by atomic mass is 32.2. The van der Waals surface area contributed by atoms with Gasteiger partial charge >= 0.3 is 0 Å². The molecule has 1 aromatic carbocycles. The first kappa shape index (κ1) is 24.4. The van der Waals surface area contributed by atoms with E-state index in [2.05, 4.69) is 20.1 Å². The van der Waals surface area contributed by atoms with Crippen LogP contribution < -0.4 is 15.0 Å². The molecular weight excluding hydrogens is 454 g/mol. The molecule has 0 saturated carbocycles. The monoisotopic (exact) mass is 487 g/mol. The number of ether oxygens (including phenoxy) is 1. The Morgan fingerprint density at radius 2 is 1.74 bits per heavy atom. The van der Waals surface area contributed by atoms with Gasteiger partial charge in [0.2, 0.25) is 15.9 Å². The number of pyridine rings is 1. The molecule has 4 rings (SSSR count). The van der Waals surface area contributed by atoms with Crippen molar-refractivity contribution in [2.45, 2.75) is 30.6 Å². The van der Waals surface area contributed by atoms with Gasteiger partial charge in [0.25, 0.3) is 0 Å². The zero-order valence-electron chi connectivity index (χ0n) is 19.6. The summed E-state index contributed by atoms with van der Waals surface area (Å²) < 4.78 is 33.3. The molecule has 2 saturated heterocycles. The van der Waals surface area contributed by atoms with Gasteiger partial charge in [0.15, 0.2) is 0 Å². The van der Waals surface area contributed by atoms with Gasteiger partial charge in [-0.1, -0.05) is 18.9 Å². The third kappa shape index (κ3) is 5.86. The van der Waals surface area contributed by atoms with E-state index in [0.29, 0.717) is 24.5 Å². The fraction of sp³-hybridized carbons (Fsp3) is 0.500. The molecule has 1 amide bonds. The molecule has 3 heterocycles. The zero-order chi connectivity index (χ0) is 24.0. The number of piperazine rings is 1. The summed E-state index contributed by atoms with van der Waals surface area (Å²) in [7, 11) is -2.12. The summed E-state index contributed by atoms with van der Waals surface area (Å²) in [5, 5.41) is 2.86. The second-order valence-corrected chi connectivity index (χ2v) is 10.6. The second kappa shape index (κ2) is 11.2. The van der Waals surface area contributed by atoms with Crippen molar-refractivity contribution >= 4 is 27.4 Å². The molecule has 184 valence electrons. The van der Waals surface area contributed by atoms with Crippen LogP contribution >= 0.6 is 0 Å². The number of rotatable bonds is 7. The number of carbonyl (C=O) groups is 1. The molecule has 0 aliphatic carbocycles. The molecular formula is C24H33N5O4S. The smallest absolute Gasteiger partial charge is 0.243 e. The van der Waals surface area contributed by atoms with E-state index in [9.17, 15) is 13.2 Å². The summed E-state index contributed by atoms with van der Waals surface area (Å²) in [5.41, 5.74) is 0.371. The molecule has 2 aliphatic rings. The number of nitrogens with zero attached hydrogens (tertiary/aromatic N) is 4. The number of carbonyl (C=O) groups excluding carboxylic acids is 1. The highest BCUT2D eigenvalue weighted by molar-refractivity contribution is 7.89. The van der Waals surface area contributed by atoms with E-state index >= 15 is 0 Å². The van der Waals surface area contributed by atoms with Crippen LogP contribution in [0, 0.1) is 0 Å². The maximum absolute atomic E-state index is 13.2. The minimum Gasteiger partial charge on any atom is -0.495 e. The normalized spacial score (nSPS) is 18.3. The summed E-state index contributed by atoms with van der Waals surface area (Å²) in [4.78, 5) is 21.7. The van der Waals surface area contributed by atoms with Crippen molar-refractivity contribution in [3.05, 3.63) is 42.6 Å². The number of sulfonamides is 1. The largest absolute Gasteiger partial charge is 0.495 e. The summed E-state index contributed by atoms with van der Waals surface area (Å²) >= 11 is 0. The Balaban J connectivity index is 1.39. The maximum Gasteiger partial charge on any atom is 0.243 e. The number of hydrogen-bond donors (Lipinski definition) is 1. The first-order valence-corrected chi connectivity index (χ1v) is 13.3. The molecule has 0 atom stereocenters. The number of hydrogen-bond acceptors (Lipinski definition) is 7. The summed E-state index contributed by atoms with van der Waals surface area (Å²) in [6.45, 7) is 4.34. The lowest BCUT2D eigenvalue weighted by Gasteiger charge is -2.35. The molecule has 0 radical (unpaired) electrons. The van der Waals surface area contributed by atoms with Crippen LogP contribution in [0.3, 0.4) is 0 Å². The molecule has 2 aliphatic heterocycles. The van der Waals surface area contributed by atoms with Gasteiger partial charge in [0, 0.05) is 45.5 Å². The van der Waals surface area contributed by atoms with Crippen molar-refractivity contribution < 1.29 is 17.9 Å².